The number of thiophene rings is 1. The number of aliphatic hydroxyl groups is 2. The SMILES string of the molecule is O=C(c1csc(C#CCO)c1)N(CCO)C1CCCC1. The van der Waals surface area contributed by atoms with E-state index in [2.05, 4.69) is 11.8 Å². The zero-order valence-electron chi connectivity index (χ0n) is 11.3. The molecule has 0 radical (unpaired) electrons. The standard InChI is InChI=1S/C15H19NO3S/c17-8-3-6-14-10-12(11-20-14)15(19)16(7-9-18)13-4-1-2-5-13/h10-11,13,17-18H,1-2,4-5,7-9H2. The molecule has 0 aliphatic heterocycles. The van der Waals surface area contributed by atoms with Crippen molar-refractivity contribution in [3.8, 4) is 11.8 Å². The molecule has 1 fully saturated rings. The molecule has 1 saturated carbocycles. The van der Waals surface area contributed by atoms with Gasteiger partial charge >= 0.3 is 0 Å². The van der Waals surface area contributed by atoms with Crippen molar-refractivity contribution in [2.75, 3.05) is 19.8 Å². The van der Waals surface area contributed by atoms with Crippen LogP contribution in [0.2, 0.25) is 0 Å². The van der Waals surface area contributed by atoms with Gasteiger partial charge < -0.3 is 15.1 Å². The highest BCUT2D eigenvalue weighted by Crippen LogP contribution is 2.25. The summed E-state index contributed by atoms with van der Waals surface area (Å²) in [4.78, 5) is 15.1. The monoisotopic (exact) mass is 293 g/mol. The summed E-state index contributed by atoms with van der Waals surface area (Å²) in [6.07, 6.45) is 4.34. The fraction of sp³-hybridized carbons (Fsp3) is 0.533. The molecule has 1 aliphatic carbocycles. The normalized spacial score (nSPS) is 14.9. The summed E-state index contributed by atoms with van der Waals surface area (Å²) in [5, 5.41) is 19.6. The van der Waals surface area contributed by atoms with Crippen LogP contribution in [0.25, 0.3) is 0 Å². The van der Waals surface area contributed by atoms with Crippen molar-refractivity contribution >= 4 is 17.2 Å². The van der Waals surface area contributed by atoms with Gasteiger partial charge in [-0.25, -0.2) is 0 Å². The lowest BCUT2D eigenvalue weighted by Crippen LogP contribution is -2.40. The second-order valence-electron chi connectivity index (χ2n) is 4.82. The number of carbonyl (C=O) groups excluding carboxylic acids is 1. The van der Waals surface area contributed by atoms with Crippen molar-refractivity contribution in [2.24, 2.45) is 0 Å². The maximum atomic E-state index is 12.5. The second kappa shape index (κ2) is 7.44. The Morgan fingerprint density at radius 1 is 1.40 bits per heavy atom. The molecule has 2 rings (SSSR count). The van der Waals surface area contributed by atoms with Gasteiger partial charge in [-0.2, -0.15) is 0 Å². The van der Waals surface area contributed by atoms with Crippen molar-refractivity contribution < 1.29 is 15.0 Å². The number of carbonyl (C=O) groups is 1. The number of hydrogen-bond acceptors (Lipinski definition) is 4. The van der Waals surface area contributed by atoms with Gasteiger partial charge in [0.2, 0.25) is 0 Å². The molecule has 5 heteroatoms. The summed E-state index contributed by atoms with van der Waals surface area (Å²) < 4.78 is 0. The Morgan fingerprint density at radius 3 is 2.80 bits per heavy atom. The third kappa shape index (κ3) is 3.60. The topological polar surface area (TPSA) is 60.8 Å². The van der Waals surface area contributed by atoms with Gasteiger partial charge in [0.15, 0.2) is 0 Å². The van der Waals surface area contributed by atoms with E-state index in [9.17, 15) is 9.90 Å². The predicted molar refractivity (Wildman–Crippen MR) is 78.7 cm³/mol. The van der Waals surface area contributed by atoms with Gasteiger partial charge in [-0.15, -0.1) is 11.3 Å². The molecule has 0 atom stereocenters. The van der Waals surface area contributed by atoms with E-state index in [0.717, 1.165) is 30.6 Å². The van der Waals surface area contributed by atoms with Gasteiger partial charge in [0.25, 0.3) is 5.91 Å². The molecule has 20 heavy (non-hydrogen) atoms. The van der Waals surface area contributed by atoms with Crippen LogP contribution in [-0.2, 0) is 0 Å². The molecule has 0 bridgehead atoms. The molecule has 0 unspecified atom stereocenters. The average molecular weight is 293 g/mol. The van der Waals surface area contributed by atoms with E-state index in [1.807, 2.05) is 0 Å². The quantitative estimate of drug-likeness (QED) is 0.827. The van der Waals surface area contributed by atoms with Crippen LogP contribution < -0.4 is 0 Å². The number of nitrogens with zero attached hydrogens (tertiary/aromatic N) is 1. The van der Waals surface area contributed by atoms with Gasteiger partial charge in [-0.3, -0.25) is 4.79 Å². The molecular weight excluding hydrogens is 274 g/mol. The van der Waals surface area contributed by atoms with Gasteiger partial charge in [0.05, 0.1) is 17.0 Å². The Labute approximate surface area is 123 Å². The number of rotatable bonds is 4. The number of amides is 1. The van der Waals surface area contributed by atoms with E-state index in [1.54, 1.807) is 16.3 Å². The Bertz CT molecular complexity index is 509. The van der Waals surface area contributed by atoms with Gasteiger partial charge in [-0.05, 0) is 18.9 Å². The van der Waals surface area contributed by atoms with E-state index < -0.39 is 0 Å². The van der Waals surface area contributed by atoms with Crippen LogP contribution in [-0.4, -0.2) is 46.8 Å². The van der Waals surface area contributed by atoms with E-state index in [0.29, 0.717) is 12.1 Å². The highest BCUT2D eigenvalue weighted by Gasteiger charge is 2.27. The highest BCUT2D eigenvalue weighted by atomic mass is 32.1. The fourth-order valence-electron chi connectivity index (χ4n) is 2.58. The fourth-order valence-corrected chi connectivity index (χ4v) is 3.33. The summed E-state index contributed by atoms with van der Waals surface area (Å²) in [6, 6.07) is 2.01. The molecule has 1 aliphatic rings. The molecule has 1 aromatic heterocycles. The van der Waals surface area contributed by atoms with Gasteiger partial charge in [-0.1, -0.05) is 24.7 Å². The predicted octanol–water partition coefficient (Wildman–Crippen LogP) is 1.47. The smallest absolute Gasteiger partial charge is 0.255 e. The van der Waals surface area contributed by atoms with Crippen LogP contribution in [0.5, 0.6) is 0 Å². The molecule has 4 nitrogen and oxygen atoms in total. The zero-order valence-corrected chi connectivity index (χ0v) is 12.2. The van der Waals surface area contributed by atoms with Crippen LogP contribution in [0.1, 0.15) is 40.9 Å². The largest absolute Gasteiger partial charge is 0.395 e. The molecule has 1 heterocycles. The maximum absolute atomic E-state index is 12.5. The van der Waals surface area contributed by atoms with E-state index >= 15 is 0 Å². The first-order chi connectivity index (χ1) is 9.76. The van der Waals surface area contributed by atoms with Crippen molar-refractivity contribution in [2.45, 2.75) is 31.7 Å². The van der Waals surface area contributed by atoms with Crippen LogP contribution in [0.3, 0.4) is 0 Å². The molecular formula is C15H19NO3S. The molecule has 0 saturated heterocycles. The highest BCUT2D eigenvalue weighted by molar-refractivity contribution is 7.10. The minimum Gasteiger partial charge on any atom is -0.395 e. The summed E-state index contributed by atoms with van der Waals surface area (Å²) in [7, 11) is 0. The molecule has 0 spiro atoms. The van der Waals surface area contributed by atoms with E-state index in [1.165, 1.54) is 11.3 Å². The van der Waals surface area contributed by atoms with E-state index in [4.69, 9.17) is 5.11 Å². The molecule has 1 aromatic rings. The molecule has 108 valence electrons. The molecule has 2 N–H and O–H groups in total. The first kappa shape index (κ1) is 15.0. The van der Waals surface area contributed by atoms with Crippen LogP contribution in [0.15, 0.2) is 11.4 Å². The Hall–Kier alpha value is -1.35. The average Bonchev–Trinajstić information content (AvgIpc) is 3.12. The van der Waals surface area contributed by atoms with Crippen molar-refractivity contribution in [3.63, 3.8) is 0 Å². The lowest BCUT2D eigenvalue weighted by molar-refractivity contribution is 0.0638. The molecule has 0 aromatic carbocycles. The minimum atomic E-state index is -0.181. The van der Waals surface area contributed by atoms with Gasteiger partial charge in [0, 0.05) is 18.0 Å². The lowest BCUT2D eigenvalue weighted by atomic mass is 10.1. The summed E-state index contributed by atoms with van der Waals surface area (Å²) in [5.74, 6) is 5.36. The summed E-state index contributed by atoms with van der Waals surface area (Å²) in [5.41, 5.74) is 0.623. The first-order valence-electron chi connectivity index (χ1n) is 6.86. The number of hydrogen-bond donors (Lipinski definition) is 2. The van der Waals surface area contributed by atoms with Crippen molar-refractivity contribution in [3.05, 3.63) is 21.9 Å². The van der Waals surface area contributed by atoms with Crippen molar-refractivity contribution in [1.82, 2.24) is 4.90 Å². The third-order valence-electron chi connectivity index (χ3n) is 3.50. The van der Waals surface area contributed by atoms with E-state index in [-0.39, 0.29) is 25.2 Å². The molecule has 1 amide bonds. The zero-order chi connectivity index (χ0) is 14.4. The third-order valence-corrected chi connectivity index (χ3v) is 4.35. The second-order valence-corrected chi connectivity index (χ2v) is 5.73. The summed E-state index contributed by atoms with van der Waals surface area (Å²) >= 11 is 1.40. The minimum absolute atomic E-state index is 0.0104. The lowest BCUT2D eigenvalue weighted by Gasteiger charge is -2.28. The Morgan fingerprint density at radius 2 is 2.15 bits per heavy atom. The number of aliphatic hydroxyl groups excluding tert-OH is 2. The first-order valence-corrected chi connectivity index (χ1v) is 7.74. The van der Waals surface area contributed by atoms with Gasteiger partial charge in [0.1, 0.15) is 6.61 Å². The van der Waals surface area contributed by atoms with Crippen LogP contribution in [0.4, 0.5) is 0 Å². The van der Waals surface area contributed by atoms with Crippen LogP contribution in [0, 0.1) is 11.8 Å². The Kier molecular flexibility index (Phi) is 5.60. The van der Waals surface area contributed by atoms with Crippen LogP contribution >= 0.6 is 11.3 Å². The Balaban J connectivity index is 2.12. The van der Waals surface area contributed by atoms with Crippen molar-refractivity contribution in [1.29, 1.82) is 0 Å². The maximum Gasteiger partial charge on any atom is 0.255 e. The summed E-state index contributed by atoms with van der Waals surface area (Å²) in [6.45, 7) is 0.195.